The van der Waals surface area contributed by atoms with E-state index in [0.29, 0.717) is 43.9 Å². The summed E-state index contributed by atoms with van der Waals surface area (Å²) < 4.78 is 15.6. The Morgan fingerprint density at radius 2 is 2.04 bits per heavy atom. The fraction of sp³-hybridized carbons (Fsp3) is 0.556. The van der Waals surface area contributed by atoms with Gasteiger partial charge in [-0.1, -0.05) is 6.07 Å². The average Bonchev–Trinajstić information content (AvgIpc) is 2.62. The molecule has 0 radical (unpaired) electrons. The summed E-state index contributed by atoms with van der Waals surface area (Å²) in [6.45, 7) is 1.62. The van der Waals surface area contributed by atoms with Crippen LogP contribution in [-0.4, -0.2) is 69.0 Å². The van der Waals surface area contributed by atoms with Crippen LogP contribution >= 0.6 is 0 Å². The topological polar surface area (TPSA) is 85.3 Å². The van der Waals surface area contributed by atoms with Crippen molar-refractivity contribution in [1.82, 2.24) is 4.90 Å². The van der Waals surface area contributed by atoms with Crippen LogP contribution in [0.4, 0.5) is 0 Å². The van der Waals surface area contributed by atoms with E-state index in [9.17, 15) is 14.7 Å². The molecule has 7 nitrogen and oxygen atoms in total. The SMILES string of the molecule is COCCOc1cccc(C(=O)N2CCCC(COC)(C(=O)O)C2)c1. The third-order valence-electron chi connectivity index (χ3n) is 4.38. The van der Waals surface area contributed by atoms with E-state index in [1.54, 1.807) is 36.3 Å². The Morgan fingerprint density at radius 1 is 1.24 bits per heavy atom. The molecule has 0 spiro atoms. The van der Waals surface area contributed by atoms with Gasteiger partial charge in [0.05, 0.1) is 13.2 Å². The summed E-state index contributed by atoms with van der Waals surface area (Å²) in [5.41, 5.74) is -0.566. The summed E-state index contributed by atoms with van der Waals surface area (Å²) in [7, 11) is 3.07. The molecule has 1 saturated heterocycles. The quantitative estimate of drug-likeness (QED) is 0.717. The highest BCUT2D eigenvalue weighted by Crippen LogP contribution is 2.31. The Hall–Kier alpha value is -2.12. The number of ether oxygens (including phenoxy) is 3. The van der Waals surface area contributed by atoms with E-state index in [4.69, 9.17) is 14.2 Å². The van der Waals surface area contributed by atoms with Gasteiger partial charge < -0.3 is 24.2 Å². The van der Waals surface area contributed by atoms with Gasteiger partial charge >= 0.3 is 5.97 Å². The molecule has 0 saturated carbocycles. The molecule has 1 heterocycles. The first-order valence-electron chi connectivity index (χ1n) is 8.26. The molecule has 2 rings (SSSR count). The van der Waals surface area contributed by atoms with Crippen molar-refractivity contribution in [2.75, 3.05) is 47.1 Å². The fourth-order valence-electron chi connectivity index (χ4n) is 3.08. The van der Waals surface area contributed by atoms with Crippen LogP contribution in [0.3, 0.4) is 0 Å². The van der Waals surface area contributed by atoms with E-state index in [2.05, 4.69) is 0 Å². The van der Waals surface area contributed by atoms with Crippen molar-refractivity contribution in [1.29, 1.82) is 0 Å². The van der Waals surface area contributed by atoms with Gasteiger partial charge in [-0.05, 0) is 31.0 Å². The van der Waals surface area contributed by atoms with E-state index >= 15 is 0 Å². The number of carbonyl (C=O) groups is 2. The Morgan fingerprint density at radius 3 is 2.72 bits per heavy atom. The number of nitrogens with zero attached hydrogens (tertiary/aromatic N) is 1. The van der Waals surface area contributed by atoms with Gasteiger partial charge in [0, 0.05) is 32.9 Å². The van der Waals surface area contributed by atoms with Crippen molar-refractivity contribution in [2.45, 2.75) is 12.8 Å². The van der Waals surface area contributed by atoms with Crippen LogP contribution in [-0.2, 0) is 14.3 Å². The summed E-state index contributed by atoms with van der Waals surface area (Å²) in [4.78, 5) is 26.1. The molecule has 0 aromatic heterocycles. The molecule has 1 aliphatic rings. The van der Waals surface area contributed by atoms with Crippen molar-refractivity contribution in [3.8, 4) is 5.75 Å². The van der Waals surface area contributed by atoms with Crippen molar-refractivity contribution >= 4 is 11.9 Å². The maximum absolute atomic E-state index is 12.8. The summed E-state index contributed by atoms with van der Waals surface area (Å²) in [6, 6.07) is 6.90. The number of carbonyl (C=O) groups excluding carboxylic acids is 1. The van der Waals surface area contributed by atoms with Crippen LogP contribution in [0.5, 0.6) is 5.75 Å². The summed E-state index contributed by atoms with van der Waals surface area (Å²) in [5, 5.41) is 9.60. The molecule has 138 valence electrons. The highest BCUT2D eigenvalue weighted by Gasteiger charge is 2.44. The first-order valence-corrected chi connectivity index (χ1v) is 8.26. The molecule has 1 aromatic rings. The Labute approximate surface area is 147 Å². The monoisotopic (exact) mass is 351 g/mol. The molecule has 1 unspecified atom stereocenters. The van der Waals surface area contributed by atoms with E-state index in [0.717, 1.165) is 0 Å². The number of carboxylic acids is 1. The van der Waals surface area contributed by atoms with Crippen molar-refractivity contribution in [2.24, 2.45) is 5.41 Å². The smallest absolute Gasteiger partial charge is 0.313 e. The predicted molar refractivity (Wildman–Crippen MR) is 90.9 cm³/mol. The molecule has 1 N–H and O–H groups in total. The second-order valence-electron chi connectivity index (χ2n) is 6.22. The van der Waals surface area contributed by atoms with Crippen LogP contribution in [0.2, 0.25) is 0 Å². The van der Waals surface area contributed by atoms with Crippen LogP contribution in [0.1, 0.15) is 23.2 Å². The van der Waals surface area contributed by atoms with Gasteiger partial charge in [-0.3, -0.25) is 9.59 Å². The molecular formula is C18H25NO6. The van der Waals surface area contributed by atoms with Crippen LogP contribution in [0, 0.1) is 5.41 Å². The molecule has 1 aromatic carbocycles. The highest BCUT2D eigenvalue weighted by molar-refractivity contribution is 5.95. The molecule has 0 bridgehead atoms. The predicted octanol–water partition coefficient (Wildman–Crippen LogP) is 1.67. The highest BCUT2D eigenvalue weighted by atomic mass is 16.5. The van der Waals surface area contributed by atoms with Crippen molar-refractivity contribution < 1.29 is 28.9 Å². The Balaban J connectivity index is 2.11. The van der Waals surface area contributed by atoms with Crippen LogP contribution < -0.4 is 4.74 Å². The number of aliphatic carboxylic acids is 1. The van der Waals surface area contributed by atoms with Crippen molar-refractivity contribution in [3.05, 3.63) is 29.8 Å². The number of methoxy groups -OCH3 is 2. The second-order valence-corrected chi connectivity index (χ2v) is 6.22. The minimum Gasteiger partial charge on any atom is -0.491 e. The van der Waals surface area contributed by atoms with Crippen molar-refractivity contribution in [3.63, 3.8) is 0 Å². The van der Waals surface area contributed by atoms with E-state index in [-0.39, 0.29) is 19.1 Å². The number of hydrogen-bond donors (Lipinski definition) is 1. The Kier molecular flexibility index (Phi) is 6.78. The van der Waals surface area contributed by atoms with E-state index in [1.165, 1.54) is 7.11 Å². The average molecular weight is 351 g/mol. The summed E-state index contributed by atoms with van der Waals surface area (Å²) >= 11 is 0. The Bertz CT molecular complexity index is 601. The summed E-state index contributed by atoms with van der Waals surface area (Å²) in [6.07, 6.45) is 1.13. The minimum atomic E-state index is -1.05. The molecule has 25 heavy (non-hydrogen) atoms. The maximum atomic E-state index is 12.8. The zero-order valence-electron chi connectivity index (χ0n) is 14.7. The normalized spacial score (nSPS) is 20.3. The number of hydrogen-bond acceptors (Lipinski definition) is 5. The first kappa shape index (κ1) is 19.2. The third kappa shape index (κ3) is 4.70. The molecule has 1 fully saturated rings. The lowest BCUT2D eigenvalue weighted by Crippen LogP contribution is -2.52. The number of piperidine rings is 1. The van der Waals surface area contributed by atoms with Gasteiger partial charge in [0.15, 0.2) is 0 Å². The maximum Gasteiger partial charge on any atom is 0.313 e. The summed E-state index contributed by atoms with van der Waals surface area (Å²) in [5.74, 6) is -0.539. The molecule has 7 heteroatoms. The largest absolute Gasteiger partial charge is 0.491 e. The molecule has 0 aliphatic carbocycles. The lowest BCUT2D eigenvalue weighted by Gasteiger charge is -2.39. The number of likely N-dealkylation sites (tertiary alicyclic amines) is 1. The standard InChI is InChI=1S/C18H25NO6/c1-23-9-10-25-15-6-3-5-14(11-15)16(20)19-8-4-7-18(12-19,13-24-2)17(21)22/h3,5-6,11H,4,7-10,12-13H2,1-2H3,(H,21,22). The van der Waals surface area contributed by atoms with E-state index in [1.807, 2.05) is 0 Å². The molecule has 1 amide bonds. The number of rotatable bonds is 8. The van der Waals surface area contributed by atoms with Crippen LogP contribution in [0.25, 0.3) is 0 Å². The molecular weight excluding hydrogens is 326 g/mol. The number of amides is 1. The first-order chi connectivity index (χ1) is 12.0. The third-order valence-corrected chi connectivity index (χ3v) is 4.38. The number of carboxylic acid groups (broad SMARTS) is 1. The lowest BCUT2D eigenvalue weighted by atomic mass is 9.80. The fourth-order valence-corrected chi connectivity index (χ4v) is 3.08. The van der Waals surface area contributed by atoms with Gasteiger partial charge in [-0.15, -0.1) is 0 Å². The minimum absolute atomic E-state index is 0.0896. The number of benzene rings is 1. The van der Waals surface area contributed by atoms with Gasteiger partial charge in [0.1, 0.15) is 17.8 Å². The lowest BCUT2D eigenvalue weighted by molar-refractivity contribution is -0.155. The van der Waals surface area contributed by atoms with Crippen LogP contribution in [0.15, 0.2) is 24.3 Å². The zero-order valence-corrected chi connectivity index (χ0v) is 14.7. The van der Waals surface area contributed by atoms with Gasteiger partial charge in [0.2, 0.25) is 0 Å². The molecule has 1 atom stereocenters. The van der Waals surface area contributed by atoms with Gasteiger partial charge in [0.25, 0.3) is 5.91 Å². The zero-order chi connectivity index (χ0) is 18.3. The van der Waals surface area contributed by atoms with Gasteiger partial charge in [-0.2, -0.15) is 0 Å². The molecule has 1 aliphatic heterocycles. The van der Waals surface area contributed by atoms with E-state index < -0.39 is 11.4 Å². The van der Waals surface area contributed by atoms with Gasteiger partial charge in [-0.25, -0.2) is 0 Å². The second kappa shape index (κ2) is 8.82.